The van der Waals surface area contributed by atoms with Gasteiger partial charge in [0.25, 0.3) is 0 Å². The summed E-state index contributed by atoms with van der Waals surface area (Å²) in [5.41, 5.74) is -0.743. The van der Waals surface area contributed by atoms with Crippen LogP contribution in [0.4, 0.5) is 0 Å². The van der Waals surface area contributed by atoms with Gasteiger partial charge in [0.15, 0.2) is 0 Å². The van der Waals surface area contributed by atoms with Gasteiger partial charge in [0.05, 0.1) is 0 Å². The molecule has 0 spiro atoms. The van der Waals surface area contributed by atoms with Crippen LogP contribution in [0.3, 0.4) is 0 Å². The van der Waals surface area contributed by atoms with Gasteiger partial charge in [0, 0.05) is 6.08 Å². The van der Waals surface area contributed by atoms with Crippen molar-refractivity contribution in [1.29, 1.82) is 0 Å². The Morgan fingerprint density at radius 3 is 2.44 bits per heavy atom. The van der Waals surface area contributed by atoms with Gasteiger partial charge < -0.3 is 9.84 Å². The number of carbonyl (C=O) groups excluding carboxylic acids is 1. The average Bonchev–Trinajstić information content (AvgIpc) is 2.21. The second-order valence-electron chi connectivity index (χ2n) is 5.77. The molecule has 4 bridgehead atoms. The maximum absolute atomic E-state index is 11.3. The summed E-state index contributed by atoms with van der Waals surface area (Å²) in [6.45, 7) is 3.41. The minimum atomic E-state index is -0.743. The average molecular weight is 222 g/mol. The third-order valence-electron chi connectivity index (χ3n) is 4.59. The first-order valence-electron chi connectivity index (χ1n) is 6.16. The summed E-state index contributed by atoms with van der Waals surface area (Å²) in [5, 5.41) is 10.6. The topological polar surface area (TPSA) is 46.5 Å². The highest BCUT2D eigenvalue weighted by Crippen LogP contribution is 2.56. The van der Waals surface area contributed by atoms with Crippen molar-refractivity contribution < 1.29 is 14.6 Å². The van der Waals surface area contributed by atoms with Crippen molar-refractivity contribution in [3.63, 3.8) is 0 Å². The summed E-state index contributed by atoms with van der Waals surface area (Å²) in [4.78, 5) is 11.3. The lowest BCUT2D eigenvalue weighted by atomic mass is 9.53. The fourth-order valence-corrected chi connectivity index (χ4v) is 4.33. The number of carbonyl (C=O) groups is 1. The molecule has 4 aliphatic rings. The van der Waals surface area contributed by atoms with Crippen molar-refractivity contribution >= 4 is 5.97 Å². The molecule has 0 aromatic rings. The summed E-state index contributed by atoms with van der Waals surface area (Å²) in [6, 6.07) is 0. The molecule has 4 fully saturated rings. The zero-order chi connectivity index (χ0) is 11.3. The molecule has 0 aromatic carbocycles. The Bertz CT molecular complexity index is 322. The summed E-state index contributed by atoms with van der Waals surface area (Å²) in [6.07, 6.45) is 6.03. The van der Waals surface area contributed by atoms with Crippen LogP contribution in [0.15, 0.2) is 12.7 Å². The maximum atomic E-state index is 11.3. The number of rotatable bonds is 2. The van der Waals surface area contributed by atoms with Crippen LogP contribution in [0.1, 0.15) is 32.1 Å². The van der Waals surface area contributed by atoms with Gasteiger partial charge in [-0.1, -0.05) is 6.58 Å². The summed E-state index contributed by atoms with van der Waals surface area (Å²) in [5.74, 6) is 1.29. The van der Waals surface area contributed by atoms with Crippen LogP contribution in [0, 0.1) is 17.8 Å². The van der Waals surface area contributed by atoms with Gasteiger partial charge in [-0.2, -0.15) is 0 Å². The van der Waals surface area contributed by atoms with E-state index in [0.717, 1.165) is 25.7 Å². The maximum Gasteiger partial charge on any atom is 0.330 e. The molecule has 0 aromatic heterocycles. The van der Waals surface area contributed by atoms with E-state index >= 15 is 0 Å². The molecular formula is C13H18O3. The van der Waals surface area contributed by atoms with Crippen LogP contribution >= 0.6 is 0 Å². The SMILES string of the molecule is C=CC(=O)OC1C2CC3CC(C2)CC1(O)C3. The van der Waals surface area contributed by atoms with Crippen molar-refractivity contribution in [3.8, 4) is 0 Å². The summed E-state index contributed by atoms with van der Waals surface area (Å²) >= 11 is 0. The van der Waals surface area contributed by atoms with E-state index in [0.29, 0.717) is 17.8 Å². The monoisotopic (exact) mass is 222 g/mol. The predicted molar refractivity (Wildman–Crippen MR) is 58.6 cm³/mol. The molecule has 0 aliphatic heterocycles. The van der Waals surface area contributed by atoms with E-state index in [9.17, 15) is 9.90 Å². The fraction of sp³-hybridized carbons (Fsp3) is 0.769. The van der Waals surface area contributed by atoms with Gasteiger partial charge in [0.2, 0.25) is 0 Å². The molecule has 0 amide bonds. The van der Waals surface area contributed by atoms with Crippen LogP contribution in [-0.4, -0.2) is 22.8 Å². The Balaban J connectivity index is 1.83. The predicted octanol–water partition coefficient (Wildman–Crippen LogP) is 1.66. The van der Waals surface area contributed by atoms with Gasteiger partial charge in [-0.25, -0.2) is 4.79 Å². The molecule has 16 heavy (non-hydrogen) atoms. The van der Waals surface area contributed by atoms with Crippen LogP contribution in [0.25, 0.3) is 0 Å². The number of esters is 1. The van der Waals surface area contributed by atoms with Crippen molar-refractivity contribution in [2.75, 3.05) is 0 Å². The molecule has 4 rings (SSSR count). The first kappa shape index (κ1) is 10.3. The lowest BCUT2D eigenvalue weighted by Gasteiger charge is -2.57. The van der Waals surface area contributed by atoms with Crippen LogP contribution in [0.2, 0.25) is 0 Å². The van der Waals surface area contributed by atoms with Crippen molar-refractivity contribution in [1.82, 2.24) is 0 Å². The van der Waals surface area contributed by atoms with Crippen LogP contribution in [0.5, 0.6) is 0 Å². The Hall–Kier alpha value is -0.830. The molecule has 1 N–H and O–H groups in total. The highest BCUT2D eigenvalue weighted by atomic mass is 16.6. The minimum Gasteiger partial charge on any atom is -0.456 e. The van der Waals surface area contributed by atoms with Crippen molar-refractivity contribution in [2.24, 2.45) is 17.8 Å². The highest BCUT2D eigenvalue weighted by molar-refractivity contribution is 5.81. The normalized spacial score (nSPS) is 49.1. The molecule has 3 atom stereocenters. The molecular weight excluding hydrogens is 204 g/mol. The van der Waals surface area contributed by atoms with E-state index in [-0.39, 0.29) is 6.10 Å². The number of ether oxygens (including phenoxy) is 1. The lowest BCUT2D eigenvalue weighted by molar-refractivity contribution is -0.219. The Labute approximate surface area is 95.5 Å². The largest absolute Gasteiger partial charge is 0.456 e. The highest BCUT2D eigenvalue weighted by Gasteiger charge is 2.58. The van der Waals surface area contributed by atoms with E-state index in [1.54, 1.807) is 0 Å². The van der Waals surface area contributed by atoms with E-state index in [4.69, 9.17) is 4.74 Å². The second-order valence-corrected chi connectivity index (χ2v) is 5.77. The van der Waals surface area contributed by atoms with E-state index < -0.39 is 11.6 Å². The third-order valence-corrected chi connectivity index (χ3v) is 4.59. The van der Waals surface area contributed by atoms with E-state index in [1.807, 2.05) is 0 Å². The van der Waals surface area contributed by atoms with Gasteiger partial charge in [-0.3, -0.25) is 0 Å². The van der Waals surface area contributed by atoms with Gasteiger partial charge >= 0.3 is 5.97 Å². The summed E-state index contributed by atoms with van der Waals surface area (Å²) < 4.78 is 5.37. The third kappa shape index (κ3) is 1.41. The molecule has 88 valence electrons. The standard InChI is InChI=1S/C13H18O3/c1-2-11(14)16-12-10-4-8-3-9(5-10)7-13(12,15)6-8/h2,8-10,12,15H,1,3-7H2. The Morgan fingerprint density at radius 1 is 1.31 bits per heavy atom. The zero-order valence-corrected chi connectivity index (χ0v) is 9.39. The first-order valence-corrected chi connectivity index (χ1v) is 6.16. The Kier molecular flexibility index (Phi) is 2.15. The van der Waals surface area contributed by atoms with Crippen LogP contribution < -0.4 is 0 Å². The molecule has 0 saturated heterocycles. The zero-order valence-electron chi connectivity index (χ0n) is 9.39. The van der Waals surface area contributed by atoms with Crippen LogP contribution in [-0.2, 0) is 9.53 Å². The number of aliphatic hydroxyl groups is 1. The van der Waals surface area contributed by atoms with Gasteiger partial charge in [0.1, 0.15) is 11.7 Å². The quantitative estimate of drug-likeness (QED) is 0.571. The molecule has 3 heteroatoms. The minimum absolute atomic E-state index is 0.286. The molecule has 0 radical (unpaired) electrons. The Morgan fingerprint density at radius 2 is 1.94 bits per heavy atom. The second kappa shape index (κ2) is 3.33. The summed E-state index contributed by atoms with van der Waals surface area (Å²) in [7, 11) is 0. The van der Waals surface area contributed by atoms with Crippen molar-refractivity contribution in [3.05, 3.63) is 12.7 Å². The van der Waals surface area contributed by atoms with Gasteiger partial charge in [-0.15, -0.1) is 0 Å². The fourth-order valence-electron chi connectivity index (χ4n) is 4.33. The molecule has 0 heterocycles. The number of hydrogen-bond donors (Lipinski definition) is 1. The molecule has 3 unspecified atom stereocenters. The smallest absolute Gasteiger partial charge is 0.330 e. The number of hydrogen-bond acceptors (Lipinski definition) is 3. The molecule has 3 nitrogen and oxygen atoms in total. The van der Waals surface area contributed by atoms with E-state index in [1.165, 1.54) is 12.5 Å². The molecule has 4 aliphatic carbocycles. The molecule has 4 saturated carbocycles. The van der Waals surface area contributed by atoms with Gasteiger partial charge in [-0.05, 0) is 49.9 Å². The first-order chi connectivity index (χ1) is 7.60. The van der Waals surface area contributed by atoms with E-state index in [2.05, 4.69) is 6.58 Å². The lowest BCUT2D eigenvalue weighted by Crippen LogP contribution is -2.61. The van der Waals surface area contributed by atoms with Crippen molar-refractivity contribution in [2.45, 2.75) is 43.8 Å².